The van der Waals surface area contributed by atoms with Crippen LogP contribution < -0.4 is 5.32 Å². The molecule has 2 aromatic heterocycles. The van der Waals surface area contributed by atoms with Gasteiger partial charge in [0.05, 0.1) is 23.5 Å². The summed E-state index contributed by atoms with van der Waals surface area (Å²) in [5.41, 5.74) is 2.51. The van der Waals surface area contributed by atoms with E-state index in [1.54, 1.807) is 16.6 Å². The predicted octanol–water partition coefficient (Wildman–Crippen LogP) is 3.40. The molecule has 0 radical (unpaired) electrons. The molecule has 21 heavy (non-hydrogen) atoms. The lowest BCUT2D eigenvalue weighted by Crippen LogP contribution is -2.07. The van der Waals surface area contributed by atoms with Crippen molar-refractivity contribution in [2.24, 2.45) is 5.92 Å². The number of nitriles is 1. The minimum absolute atomic E-state index is 0.579. The molecule has 0 aliphatic heterocycles. The largest absolute Gasteiger partial charge is 0.360 e. The molecule has 0 atom stereocenters. The summed E-state index contributed by atoms with van der Waals surface area (Å²) >= 11 is 1.54. The first-order valence-electron chi connectivity index (χ1n) is 6.76. The number of anilines is 1. The summed E-state index contributed by atoms with van der Waals surface area (Å²) in [6, 6.07) is 9.52. The average Bonchev–Trinajstić information content (AvgIpc) is 3.03. The molecular formula is C15H15N5S. The molecule has 1 aromatic carbocycles. The minimum atomic E-state index is 0.579. The third-order valence-electron chi connectivity index (χ3n) is 3.01. The number of fused-ring (bicyclic) bond motifs is 1. The number of nitrogens with zero attached hydrogens (tertiary/aromatic N) is 4. The van der Waals surface area contributed by atoms with Gasteiger partial charge in [0, 0.05) is 12.1 Å². The summed E-state index contributed by atoms with van der Waals surface area (Å²) in [7, 11) is 0. The van der Waals surface area contributed by atoms with E-state index in [0.29, 0.717) is 11.5 Å². The lowest BCUT2D eigenvalue weighted by atomic mass is 10.1. The normalized spacial score (nSPS) is 11.0. The fraction of sp³-hybridized carbons (Fsp3) is 0.267. The Morgan fingerprint density at radius 3 is 2.71 bits per heavy atom. The molecule has 3 aromatic rings. The lowest BCUT2D eigenvalue weighted by Gasteiger charge is -2.03. The molecule has 1 N–H and O–H groups in total. The Kier molecular flexibility index (Phi) is 3.59. The highest BCUT2D eigenvalue weighted by Crippen LogP contribution is 2.24. The van der Waals surface area contributed by atoms with Gasteiger partial charge in [-0.1, -0.05) is 37.3 Å². The van der Waals surface area contributed by atoms with Crippen LogP contribution in [0.3, 0.4) is 0 Å². The van der Waals surface area contributed by atoms with Crippen molar-refractivity contribution in [3.63, 3.8) is 0 Å². The first kappa shape index (κ1) is 13.6. The lowest BCUT2D eigenvalue weighted by molar-refractivity contribution is 0.687. The van der Waals surface area contributed by atoms with Gasteiger partial charge in [0.25, 0.3) is 0 Å². The van der Waals surface area contributed by atoms with E-state index >= 15 is 0 Å². The van der Waals surface area contributed by atoms with Crippen molar-refractivity contribution in [2.45, 2.75) is 13.8 Å². The van der Waals surface area contributed by atoms with Crippen LogP contribution in [0.4, 0.5) is 5.13 Å². The van der Waals surface area contributed by atoms with E-state index in [1.807, 2.05) is 18.3 Å². The van der Waals surface area contributed by atoms with Gasteiger partial charge in [-0.25, -0.2) is 9.50 Å². The molecule has 0 saturated carbocycles. The maximum atomic E-state index is 8.82. The third-order valence-corrected chi connectivity index (χ3v) is 3.89. The maximum Gasteiger partial charge on any atom is 0.214 e. The van der Waals surface area contributed by atoms with E-state index in [1.165, 1.54) is 11.3 Å². The van der Waals surface area contributed by atoms with Crippen LogP contribution in [0.15, 0.2) is 30.5 Å². The Bertz CT molecular complexity index is 760. The van der Waals surface area contributed by atoms with E-state index in [-0.39, 0.29) is 0 Å². The second-order valence-corrected chi connectivity index (χ2v) is 6.18. The topological polar surface area (TPSA) is 66.0 Å². The maximum absolute atomic E-state index is 8.82. The van der Waals surface area contributed by atoms with Gasteiger partial charge in [0.15, 0.2) is 0 Å². The Balaban J connectivity index is 1.84. The molecule has 0 spiro atoms. The highest BCUT2D eigenvalue weighted by molar-refractivity contribution is 7.20. The zero-order valence-corrected chi connectivity index (χ0v) is 12.7. The Morgan fingerprint density at radius 1 is 1.33 bits per heavy atom. The van der Waals surface area contributed by atoms with Crippen molar-refractivity contribution < 1.29 is 0 Å². The van der Waals surface area contributed by atoms with Crippen LogP contribution in [0.2, 0.25) is 0 Å². The van der Waals surface area contributed by atoms with Gasteiger partial charge in [-0.3, -0.25) is 0 Å². The van der Waals surface area contributed by atoms with Crippen LogP contribution in [0.5, 0.6) is 0 Å². The summed E-state index contributed by atoms with van der Waals surface area (Å²) in [6.07, 6.45) is 1.91. The quantitative estimate of drug-likeness (QED) is 0.801. The number of hydrogen-bond acceptors (Lipinski definition) is 5. The molecular weight excluding hydrogens is 282 g/mol. The van der Waals surface area contributed by atoms with Crippen LogP contribution in [0.1, 0.15) is 19.4 Å². The molecule has 2 heterocycles. The van der Waals surface area contributed by atoms with Crippen molar-refractivity contribution in [3.8, 4) is 17.3 Å². The number of aromatic nitrogens is 3. The van der Waals surface area contributed by atoms with Crippen LogP contribution in [0, 0.1) is 17.2 Å². The fourth-order valence-corrected chi connectivity index (χ4v) is 2.71. The smallest absolute Gasteiger partial charge is 0.214 e. The summed E-state index contributed by atoms with van der Waals surface area (Å²) in [5.74, 6) is 0.579. The van der Waals surface area contributed by atoms with Crippen molar-refractivity contribution in [2.75, 3.05) is 11.9 Å². The monoisotopic (exact) mass is 297 g/mol. The van der Waals surface area contributed by atoms with Crippen molar-refractivity contribution in [3.05, 3.63) is 36.0 Å². The van der Waals surface area contributed by atoms with E-state index in [2.05, 4.69) is 35.3 Å². The summed E-state index contributed by atoms with van der Waals surface area (Å²) in [5, 5.41) is 17.5. The SMILES string of the molecule is CC(C)CNc1nn2cc(-c3ccc(C#N)cc3)nc2s1. The summed E-state index contributed by atoms with van der Waals surface area (Å²) < 4.78 is 1.79. The molecule has 0 bridgehead atoms. The number of imidazole rings is 1. The second-order valence-electron chi connectivity index (χ2n) is 5.22. The molecule has 0 aliphatic rings. The van der Waals surface area contributed by atoms with Gasteiger partial charge in [0.2, 0.25) is 10.1 Å². The van der Waals surface area contributed by atoms with Gasteiger partial charge in [0.1, 0.15) is 0 Å². The van der Waals surface area contributed by atoms with E-state index in [0.717, 1.165) is 27.9 Å². The Hall–Kier alpha value is -2.39. The van der Waals surface area contributed by atoms with Gasteiger partial charge in [-0.2, -0.15) is 5.26 Å². The first-order valence-corrected chi connectivity index (χ1v) is 7.58. The Labute approximate surface area is 126 Å². The number of nitrogens with one attached hydrogen (secondary N) is 1. The standard InChI is InChI=1S/C15H15N5S/c1-10(2)8-17-14-19-20-9-13(18-15(20)21-14)12-5-3-11(7-16)4-6-12/h3-6,9-10H,8H2,1-2H3,(H,17,19). The van der Waals surface area contributed by atoms with Crippen LogP contribution in [-0.2, 0) is 0 Å². The molecule has 106 valence electrons. The minimum Gasteiger partial charge on any atom is -0.360 e. The first-order chi connectivity index (χ1) is 10.2. The second kappa shape index (κ2) is 5.54. The van der Waals surface area contributed by atoms with Crippen LogP contribution in [-0.4, -0.2) is 21.1 Å². The zero-order chi connectivity index (χ0) is 14.8. The third kappa shape index (κ3) is 2.88. The van der Waals surface area contributed by atoms with E-state index < -0.39 is 0 Å². The molecule has 0 amide bonds. The van der Waals surface area contributed by atoms with Gasteiger partial charge < -0.3 is 5.32 Å². The molecule has 0 unspecified atom stereocenters. The fourth-order valence-electron chi connectivity index (χ4n) is 1.92. The molecule has 0 saturated heterocycles. The Morgan fingerprint density at radius 2 is 2.10 bits per heavy atom. The number of benzene rings is 1. The summed E-state index contributed by atoms with van der Waals surface area (Å²) in [6.45, 7) is 5.22. The average molecular weight is 297 g/mol. The van der Waals surface area contributed by atoms with Gasteiger partial charge in [-0.05, 0) is 18.1 Å². The van der Waals surface area contributed by atoms with E-state index in [9.17, 15) is 0 Å². The molecule has 0 aliphatic carbocycles. The molecule has 6 heteroatoms. The highest BCUT2D eigenvalue weighted by Gasteiger charge is 2.09. The van der Waals surface area contributed by atoms with Crippen LogP contribution >= 0.6 is 11.3 Å². The van der Waals surface area contributed by atoms with Gasteiger partial charge in [-0.15, -0.1) is 5.10 Å². The van der Waals surface area contributed by atoms with E-state index in [4.69, 9.17) is 5.26 Å². The molecule has 5 nitrogen and oxygen atoms in total. The number of hydrogen-bond donors (Lipinski definition) is 1. The predicted molar refractivity (Wildman–Crippen MR) is 84.3 cm³/mol. The summed E-state index contributed by atoms with van der Waals surface area (Å²) in [4.78, 5) is 5.44. The van der Waals surface area contributed by atoms with Crippen molar-refractivity contribution in [1.29, 1.82) is 5.26 Å². The van der Waals surface area contributed by atoms with Crippen molar-refractivity contribution >= 4 is 21.4 Å². The molecule has 3 rings (SSSR count). The number of rotatable bonds is 4. The molecule has 0 fully saturated rings. The van der Waals surface area contributed by atoms with Crippen LogP contribution in [0.25, 0.3) is 16.2 Å². The van der Waals surface area contributed by atoms with Gasteiger partial charge >= 0.3 is 0 Å². The highest BCUT2D eigenvalue weighted by atomic mass is 32.1. The van der Waals surface area contributed by atoms with Crippen molar-refractivity contribution in [1.82, 2.24) is 14.6 Å². The zero-order valence-electron chi connectivity index (χ0n) is 11.9.